The van der Waals surface area contributed by atoms with E-state index in [1.807, 2.05) is 18.2 Å². The van der Waals surface area contributed by atoms with E-state index in [4.69, 9.17) is 0 Å². The maximum absolute atomic E-state index is 9.50. The molecule has 1 unspecified atom stereocenters. The molecule has 0 bridgehead atoms. The molecule has 0 amide bonds. The molecular formula is C11H17BOP. The third-order valence-corrected chi connectivity index (χ3v) is 3.34. The van der Waals surface area contributed by atoms with E-state index in [9.17, 15) is 5.11 Å². The van der Waals surface area contributed by atoms with Crippen molar-refractivity contribution in [2.24, 2.45) is 0 Å². The van der Waals surface area contributed by atoms with Gasteiger partial charge in [0, 0.05) is 5.30 Å². The molecule has 0 spiro atoms. The second-order valence-electron chi connectivity index (χ2n) is 3.36. The van der Waals surface area contributed by atoms with Gasteiger partial charge in [0.15, 0.2) is 0 Å². The Labute approximate surface area is 88.9 Å². The quantitative estimate of drug-likeness (QED) is 0.432. The molecule has 0 aliphatic heterocycles. The molecule has 1 N–H and O–H groups in total. The summed E-state index contributed by atoms with van der Waals surface area (Å²) >= 11 is 0. The van der Waals surface area contributed by atoms with Gasteiger partial charge in [0.2, 0.25) is 0 Å². The summed E-state index contributed by atoms with van der Waals surface area (Å²) in [5, 5.41) is 10.6. The molecule has 1 aromatic rings. The van der Waals surface area contributed by atoms with Crippen LogP contribution < -0.4 is 5.30 Å². The molecule has 3 heteroatoms. The third kappa shape index (κ3) is 4.15. The van der Waals surface area contributed by atoms with Crippen molar-refractivity contribution in [1.82, 2.24) is 0 Å². The highest BCUT2D eigenvalue weighted by Gasteiger charge is 1.99. The number of para-hydroxylation sites is 1. The van der Waals surface area contributed by atoms with Gasteiger partial charge in [0.05, 0.1) is 0 Å². The minimum absolute atomic E-state index is 0.428. The van der Waals surface area contributed by atoms with Crippen LogP contribution >= 0.6 is 8.46 Å². The van der Waals surface area contributed by atoms with Gasteiger partial charge in [-0.25, -0.2) is 0 Å². The molecular weight excluding hydrogens is 190 g/mol. The van der Waals surface area contributed by atoms with E-state index >= 15 is 0 Å². The first-order chi connectivity index (χ1) is 6.84. The molecule has 0 aliphatic carbocycles. The Hall–Kier alpha value is -0.485. The van der Waals surface area contributed by atoms with Crippen LogP contribution in [-0.2, 0) is 0 Å². The summed E-state index contributed by atoms with van der Waals surface area (Å²) in [6.07, 6.45) is 5.02. The zero-order chi connectivity index (χ0) is 10.2. The van der Waals surface area contributed by atoms with Gasteiger partial charge in [0.25, 0.3) is 0 Å². The second kappa shape index (κ2) is 6.89. The molecule has 0 aliphatic rings. The van der Waals surface area contributed by atoms with Gasteiger partial charge >= 0.3 is 0 Å². The summed E-state index contributed by atoms with van der Waals surface area (Å²) in [6, 6.07) is 7.58. The number of phenolic OH excluding ortho intramolecular Hbond substituents is 1. The number of unbranched alkanes of at least 4 members (excludes halogenated alkanes) is 2. The molecule has 0 saturated heterocycles. The maximum Gasteiger partial charge on any atom is 0.148 e. The van der Waals surface area contributed by atoms with Crippen molar-refractivity contribution in [3.8, 4) is 5.75 Å². The van der Waals surface area contributed by atoms with E-state index in [1.54, 1.807) is 6.07 Å². The smallest absolute Gasteiger partial charge is 0.148 e. The van der Waals surface area contributed by atoms with E-state index in [-0.39, 0.29) is 0 Å². The fourth-order valence-electron chi connectivity index (χ4n) is 1.27. The van der Waals surface area contributed by atoms with Crippen LogP contribution in [-0.4, -0.2) is 12.1 Å². The van der Waals surface area contributed by atoms with Crippen LogP contribution in [0.2, 0.25) is 6.32 Å². The summed E-state index contributed by atoms with van der Waals surface area (Å²) in [6.45, 7) is 4.50. The van der Waals surface area contributed by atoms with E-state index in [0.29, 0.717) is 14.2 Å². The van der Waals surface area contributed by atoms with Crippen LogP contribution in [0.4, 0.5) is 0 Å². The predicted octanol–water partition coefficient (Wildman–Crippen LogP) is 2.92. The van der Waals surface area contributed by atoms with Crippen molar-refractivity contribution >= 4 is 20.8 Å². The first-order valence-electron chi connectivity index (χ1n) is 5.20. The number of hydrogen-bond acceptors (Lipinski definition) is 1. The first kappa shape index (κ1) is 11.6. The van der Waals surface area contributed by atoms with Gasteiger partial charge < -0.3 is 5.11 Å². The number of phenols is 1. The molecule has 0 saturated carbocycles. The number of hydrogen-bond donors (Lipinski definition) is 1. The van der Waals surface area contributed by atoms with Gasteiger partial charge in [-0.05, 0) is 6.07 Å². The van der Waals surface area contributed by atoms with E-state index in [2.05, 4.69) is 13.9 Å². The lowest BCUT2D eigenvalue weighted by atomic mass is 9.98. The molecule has 0 aromatic heterocycles. The zero-order valence-electron chi connectivity index (χ0n) is 8.66. The molecule has 1 atom stereocenters. The summed E-state index contributed by atoms with van der Waals surface area (Å²) in [4.78, 5) is 0. The van der Waals surface area contributed by atoms with Gasteiger partial charge in [0.1, 0.15) is 12.7 Å². The summed E-state index contributed by atoms with van der Waals surface area (Å²) in [7, 11) is 0.640. The van der Waals surface area contributed by atoms with Crippen LogP contribution in [0.1, 0.15) is 26.2 Å². The molecule has 1 aromatic carbocycles. The number of aromatic hydroxyl groups is 1. The Morgan fingerprint density at radius 2 is 2.07 bits per heavy atom. The predicted molar refractivity (Wildman–Crippen MR) is 66.1 cm³/mol. The van der Waals surface area contributed by atoms with Crippen LogP contribution in [0.3, 0.4) is 0 Å². The van der Waals surface area contributed by atoms with E-state index in [1.165, 1.54) is 25.6 Å². The summed E-state index contributed by atoms with van der Waals surface area (Å²) < 4.78 is 0. The SMILES string of the molecule is CCCCC[B]Pc1ccccc1O. The fourth-order valence-corrected chi connectivity index (χ4v) is 2.27. The van der Waals surface area contributed by atoms with Crippen LogP contribution in [0.5, 0.6) is 5.75 Å². The van der Waals surface area contributed by atoms with Crippen LogP contribution in [0, 0.1) is 0 Å². The Balaban J connectivity index is 2.21. The molecule has 1 radical (unpaired) electrons. The van der Waals surface area contributed by atoms with Gasteiger partial charge in [-0.2, -0.15) is 0 Å². The van der Waals surface area contributed by atoms with Gasteiger partial charge in [-0.15, -0.1) is 8.46 Å². The lowest BCUT2D eigenvalue weighted by Crippen LogP contribution is -1.97. The van der Waals surface area contributed by atoms with Crippen molar-refractivity contribution in [2.45, 2.75) is 32.5 Å². The Morgan fingerprint density at radius 1 is 1.29 bits per heavy atom. The average molecular weight is 207 g/mol. The largest absolute Gasteiger partial charge is 0.507 e. The lowest BCUT2D eigenvalue weighted by molar-refractivity contribution is 0.480. The van der Waals surface area contributed by atoms with Gasteiger partial charge in [-0.3, -0.25) is 0 Å². The van der Waals surface area contributed by atoms with Crippen molar-refractivity contribution in [1.29, 1.82) is 0 Å². The summed E-state index contributed by atoms with van der Waals surface area (Å²) in [5.74, 6) is 0.428. The standard InChI is InChI=1S/C11H17BOP/c1-2-3-6-9-12-14-11-8-5-4-7-10(11)13/h4-5,7-8,13-14H,2-3,6,9H2,1H3. The Bertz CT molecular complexity index is 265. The third-order valence-electron chi connectivity index (χ3n) is 2.11. The molecule has 0 fully saturated rings. The minimum Gasteiger partial charge on any atom is -0.507 e. The molecule has 1 rings (SSSR count). The lowest BCUT2D eigenvalue weighted by Gasteiger charge is -2.02. The highest BCUT2D eigenvalue weighted by molar-refractivity contribution is 7.77. The number of rotatable bonds is 6. The monoisotopic (exact) mass is 207 g/mol. The zero-order valence-corrected chi connectivity index (χ0v) is 9.66. The fraction of sp³-hybridized carbons (Fsp3) is 0.455. The van der Waals surface area contributed by atoms with Crippen LogP contribution in [0.25, 0.3) is 0 Å². The summed E-state index contributed by atoms with van der Waals surface area (Å²) in [5.41, 5.74) is 0. The first-order valence-corrected chi connectivity index (χ1v) is 6.28. The van der Waals surface area contributed by atoms with Crippen molar-refractivity contribution in [3.05, 3.63) is 24.3 Å². The minimum atomic E-state index is 0.428. The normalized spacial score (nSPS) is 10.9. The topological polar surface area (TPSA) is 20.2 Å². The second-order valence-corrected chi connectivity index (χ2v) is 4.60. The average Bonchev–Trinajstić information content (AvgIpc) is 2.20. The highest BCUT2D eigenvalue weighted by atomic mass is 31.1. The molecule has 75 valence electrons. The van der Waals surface area contributed by atoms with Crippen molar-refractivity contribution in [3.63, 3.8) is 0 Å². The van der Waals surface area contributed by atoms with Crippen LogP contribution in [0.15, 0.2) is 24.3 Å². The highest BCUT2D eigenvalue weighted by Crippen LogP contribution is 2.18. The van der Waals surface area contributed by atoms with Crippen molar-refractivity contribution in [2.75, 3.05) is 0 Å². The maximum atomic E-state index is 9.50. The van der Waals surface area contributed by atoms with E-state index < -0.39 is 0 Å². The molecule has 14 heavy (non-hydrogen) atoms. The molecule has 0 heterocycles. The Morgan fingerprint density at radius 3 is 2.79 bits per heavy atom. The van der Waals surface area contributed by atoms with E-state index in [0.717, 1.165) is 5.30 Å². The van der Waals surface area contributed by atoms with Gasteiger partial charge in [-0.1, -0.05) is 50.7 Å². The molecule has 1 nitrogen and oxygen atoms in total. The number of benzene rings is 1. The Kier molecular flexibility index (Phi) is 5.71. The van der Waals surface area contributed by atoms with Crippen molar-refractivity contribution < 1.29 is 5.11 Å².